The zero-order valence-electron chi connectivity index (χ0n) is 15.8. The molecule has 4 nitrogen and oxygen atoms in total. The maximum Gasteiger partial charge on any atom is 0.363 e. The lowest BCUT2D eigenvalue weighted by molar-refractivity contribution is -0.129. The molecule has 0 spiro atoms. The van der Waals surface area contributed by atoms with Crippen LogP contribution in [0.25, 0.3) is 6.08 Å². The van der Waals surface area contributed by atoms with Gasteiger partial charge in [-0.2, -0.15) is 0 Å². The zero-order valence-corrected chi connectivity index (χ0v) is 16.5. The lowest BCUT2D eigenvalue weighted by Crippen LogP contribution is -2.05. The third kappa shape index (κ3) is 4.55. The highest BCUT2D eigenvalue weighted by molar-refractivity contribution is 6.31. The molecule has 0 unspecified atom stereocenters. The standard InChI is InChI=1S/C24H18ClNO3/c1-16-6-4-9-18(12-16)23-26-22(24(27)29-23)14-17-7-5-10-20(13-17)28-15-19-8-2-3-11-21(19)25/h2-14H,15H2,1H3/b22-14+. The Kier molecular flexibility index (Phi) is 5.45. The van der Waals surface area contributed by atoms with Crippen molar-refractivity contribution in [1.29, 1.82) is 0 Å². The number of carbonyl (C=O) groups excluding carboxylic acids is 1. The highest BCUT2D eigenvalue weighted by atomic mass is 35.5. The number of esters is 1. The van der Waals surface area contributed by atoms with Crippen molar-refractivity contribution in [3.63, 3.8) is 0 Å². The van der Waals surface area contributed by atoms with Crippen LogP contribution in [0.5, 0.6) is 5.75 Å². The molecule has 3 aromatic rings. The minimum absolute atomic E-state index is 0.254. The predicted octanol–water partition coefficient (Wildman–Crippen LogP) is 5.57. The number of hydrogen-bond acceptors (Lipinski definition) is 4. The Morgan fingerprint density at radius 3 is 2.69 bits per heavy atom. The Balaban J connectivity index is 1.53. The summed E-state index contributed by atoms with van der Waals surface area (Å²) in [5, 5.41) is 0.664. The van der Waals surface area contributed by atoms with Crippen LogP contribution in [0.1, 0.15) is 22.3 Å². The average molecular weight is 404 g/mol. The predicted molar refractivity (Wildman–Crippen MR) is 114 cm³/mol. The molecule has 0 saturated heterocycles. The molecule has 0 atom stereocenters. The summed E-state index contributed by atoms with van der Waals surface area (Å²) in [6.45, 7) is 2.34. The number of cyclic esters (lactones) is 1. The largest absolute Gasteiger partial charge is 0.489 e. The highest BCUT2D eigenvalue weighted by Crippen LogP contribution is 2.23. The summed E-state index contributed by atoms with van der Waals surface area (Å²) >= 11 is 6.17. The van der Waals surface area contributed by atoms with Crippen LogP contribution >= 0.6 is 11.6 Å². The number of halogens is 1. The van der Waals surface area contributed by atoms with Gasteiger partial charge < -0.3 is 9.47 Å². The number of hydrogen-bond donors (Lipinski definition) is 0. The molecule has 0 fully saturated rings. The Labute approximate surface area is 174 Å². The smallest absolute Gasteiger partial charge is 0.363 e. The van der Waals surface area contributed by atoms with Crippen LogP contribution in [-0.4, -0.2) is 11.9 Å². The summed E-state index contributed by atoms with van der Waals surface area (Å²) in [4.78, 5) is 16.6. The Bertz CT molecular complexity index is 1130. The van der Waals surface area contributed by atoms with Crippen molar-refractivity contribution in [2.45, 2.75) is 13.5 Å². The van der Waals surface area contributed by atoms with Crippen molar-refractivity contribution in [2.24, 2.45) is 4.99 Å². The number of rotatable bonds is 5. The molecule has 5 heteroatoms. The maximum atomic E-state index is 12.2. The third-order valence-electron chi connectivity index (χ3n) is 4.40. The van der Waals surface area contributed by atoms with Gasteiger partial charge in [0.05, 0.1) is 0 Å². The number of carbonyl (C=O) groups is 1. The van der Waals surface area contributed by atoms with Crippen LogP contribution < -0.4 is 4.74 Å². The van der Waals surface area contributed by atoms with Crippen molar-refractivity contribution >= 4 is 29.5 Å². The monoisotopic (exact) mass is 403 g/mol. The van der Waals surface area contributed by atoms with Gasteiger partial charge in [-0.25, -0.2) is 9.79 Å². The van der Waals surface area contributed by atoms with E-state index in [0.29, 0.717) is 23.3 Å². The number of benzene rings is 3. The number of aliphatic imine (C=N–C) groups is 1. The second-order valence-corrected chi connectivity index (χ2v) is 7.07. The van der Waals surface area contributed by atoms with E-state index in [0.717, 1.165) is 22.3 Å². The van der Waals surface area contributed by atoms with Crippen LogP contribution in [0, 0.1) is 6.92 Å². The second kappa shape index (κ2) is 8.33. The van der Waals surface area contributed by atoms with E-state index < -0.39 is 5.97 Å². The number of aryl methyl sites for hydroxylation is 1. The highest BCUT2D eigenvalue weighted by Gasteiger charge is 2.24. The molecule has 29 heavy (non-hydrogen) atoms. The first-order valence-electron chi connectivity index (χ1n) is 9.14. The summed E-state index contributed by atoms with van der Waals surface area (Å²) in [6.07, 6.45) is 1.69. The summed E-state index contributed by atoms with van der Waals surface area (Å²) in [6, 6.07) is 22.7. The molecule has 0 bridgehead atoms. The van der Waals surface area contributed by atoms with E-state index in [1.54, 1.807) is 6.08 Å². The Morgan fingerprint density at radius 1 is 1.03 bits per heavy atom. The minimum atomic E-state index is -0.469. The third-order valence-corrected chi connectivity index (χ3v) is 4.77. The molecular formula is C24H18ClNO3. The van der Waals surface area contributed by atoms with Gasteiger partial charge in [0.15, 0.2) is 5.70 Å². The van der Waals surface area contributed by atoms with E-state index in [2.05, 4.69) is 4.99 Å². The van der Waals surface area contributed by atoms with Crippen LogP contribution in [-0.2, 0) is 16.1 Å². The number of ether oxygens (including phenoxy) is 2. The summed E-state index contributed by atoms with van der Waals surface area (Å²) < 4.78 is 11.2. The van der Waals surface area contributed by atoms with Crippen molar-refractivity contribution in [3.8, 4) is 5.75 Å². The fourth-order valence-electron chi connectivity index (χ4n) is 2.94. The molecule has 0 aliphatic carbocycles. The van der Waals surface area contributed by atoms with Gasteiger partial charge in [-0.1, -0.05) is 59.6 Å². The first-order valence-corrected chi connectivity index (χ1v) is 9.52. The quantitative estimate of drug-likeness (QED) is 0.413. The minimum Gasteiger partial charge on any atom is -0.489 e. The van der Waals surface area contributed by atoms with Crippen LogP contribution in [0.2, 0.25) is 5.02 Å². The van der Waals surface area contributed by atoms with Crippen LogP contribution in [0.15, 0.2) is 83.5 Å². The van der Waals surface area contributed by atoms with E-state index in [9.17, 15) is 4.79 Å². The van der Waals surface area contributed by atoms with Crippen molar-refractivity contribution in [2.75, 3.05) is 0 Å². The molecule has 0 radical (unpaired) electrons. The van der Waals surface area contributed by atoms with Gasteiger partial charge in [-0.15, -0.1) is 0 Å². The molecule has 1 heterocycles. The lowest BCUT2D eigenvalue weighted by atomic mass is 10.1. The van der Waals surface area contributed by atoms with Gasteiger partial charge in [0.25, 0.3) is 0 Å². The Morgan fingerprint density at radius 2 is 1.86 bits per heavy atom. The van der Waals surface area contributed by atoms with Gasteiger partial charge >= 0.3 is 5.97 Å². The topological polar surface area (TPSA) is 47.9 Å². The van der Waals surface area contributed by atoms with Crippen LogP contribution in [0.3, 0.4) is 0 Å². The summed E-state index contributed by atoms with van der Waals surface area (Å²) in [5.41, 5.74) is 3.80. The van der Waals surface area contributed by atoms with Gasteiger partial charge in [0, 0.05) is 16.1 Å². The first-order chi connectivity index (χ1) is 14.1. The molecule has 1 aliphatic rings. The average Bonchev–Trinajstić information content (AvgIpc) is 3.08. The van der Waals surface area contributed by atoms with Crippen molar-refractivity contribution in [3.05, 3.63) is 106 Å². The SMILES string of the molecule is Cc1cccc(C2=N/C(=C/c3cccc(OCc4ccccc4Cl)c3)C(=O)O2)c1. The van der Waals surface area contributed by atoms with Gasteiger partial charge in [0.2, 0.25) is 5.90 Å². The van der Waals surface area contributed by atoms with E-state index in [1.165, 1.54) is 0 Å². The molecule has 0 N–H and O–H groups in total. The van der Waals surface area contributed by atoms with Crippen molar-refractivity contribution in [1.82, 2.24) is 0 Å². The lowest BCUT2D eigenvalue weighted by Gasteiger charge is -2.08. The second-order valence-electron chi connectivity index (χ2n) is 6.66. The first kappa shape index (κ1) is 19.0. The molecule has 144 valence electrons. The fourth-order valence-corrected chi connectivity index (χ4v) is 3.13. The van der Waals surface area contributed by atoms with Crippen molar-refractivity contribution < 1.29 is 14.3 Å². The van der Waals surface area contributed by atoms with Crippen LogP contribution in [0.4, 0.5) is 0 Å². The molecular weight excluding hydrogens is 386 g/mol. The van der Waals surface area contributed by atoms with E-state index in [4.69, 9.17) is 21.1 Å². The molecule has 0 saturated carbocycles. The molecule has 3 aromatic carbocycles. The van der Waals surface area contributed by atoms with E-state index in [-0.39, 0.29) is 5.70 Å². The molecule has 0 amide bonds. The molecule has 4 rings (SSSR count). The Hall–Kier alpha value is -3.37. The summed E-state index contributed by atoms with van der Waals surface area (Å²) in [5.74, 6) is 0.522. The van der Waals surface area contributed by atoms with Gasteiger partial charge in [-0.3, -0.25) is 0 Å². The van der Waals surface area contributed by atoms with Gasteiger partial charge in [0.1, 0.15) is 12.4 Å². The normalized spacial score (nSPS) is 14.6. The van der Waals surface area contributed by atoms with E-state index >= 15 is 0 Å². The summed E-state index contributed by atoms with van der Waals surface area (Å²) in [7, 11) is 0. The molecule has 0 aromatic heterocycles. The number of nitrogens with zero attached hydrogens (tertiary/aromatic N) is 1. The zero-order chi connectivity index (χ0) is 20.2. The van der Waals surface area contributed by atoms with Gasteiger partial charge in [-0.05, 0) is 48.9 Å². The fraction of sp³-hybridized carbons (Fsp3) is 0.0833. The maximum absolute atomic E-state index is 12.2. The van der Waals surface area contributed by atoms with E-state index in [1.807, 2.05) is 79.7 Å². The molecule has 1 aliphatic heterocycles.